The molecule has 1 aromatic heterocycles. The number of hydrogen-bond donors (Lipinski definition) is 0. The Morgan fingerprint density at radius 1 is 1.00 bits per heavy atom. The molecule has 1 amide bonds. The van der Waals surface area contributed by atoms with Crippen LogP contribution in [0.4, 0.5) is 8.78 Å². The number of thiazole rings is 1. The topological polar surface area (TPSA) is 70.6 Å². The van der Waals surface area contributed by atoms with E-state index in [2.05, 4.69) is 4.98 Å². The van der Waals surface area contributed by atoms with E-state index in [0.717, 1.165) is 37.7 Å². The number of carbonyl (C=O) groups excluding carboxylic acids is 1. The van der Waals surface area contributed by atoms with Crippen LogP contribution >= 0.6 is 11.3 Å². The first kappa shape index (κ1) is 21.8. The van der Waals surface area contributed by atoms with Crippen molar-refractivity contribution in [1.82, 2.24) is 14.2 Å². The van der Waals surface area contributed by atoms with E-state index in [-0.39, 0.29) is 32.1 Å². The van der Waals surface area contributed by atoms with Crippen molar-refractivity contribution in [3.63, 3.8) is 0 Å². The molecule has 164 valence electrons. The van der Waals surface area contributed by atoms with Crippen LogP contribution in [0, 0.1) is 11.6 Å². The van der Waals surface area contributed by atoms with E-state index in [4.69, 9.17) is 0 Å². The molecule has 0 atom stereocenters. The minimum atomic E-state index is -4.30. The summed E-state index contributed by atoms with van der Waals surface area (Å²) in [5.41, 5.74) is 0.956. The lowest BCUT2D eigenvalue weighted by Crippen LogP contribution is -2.50. The molecule has 1 aliphatic rings. The molecule has 0 unspecified atom stereocenters. The summed E-state index contributed by atoms with van der Waals surface area (Å²) in [5, 5.41) is 0.983. The monoisotopic (exact) mass is 465 g/mol. The molecule has 3 aromatic rings. The standard InChI is InChI=1S/C21H21F2N3O3S2/c22-15-5-3-6-16(23)21(15)31(28,29)26-13-11-25(12-14-26)20(27)10-4-9-19-24-17-7-1-2-8-18(17)30-19/h1-3,5-8H,4,9-14H2. The fraction of sp³-hybridized carbons (Fsp3) is 0.333. The largest absolute Gasteiger partial charge is 0.340 e. The first-order chi connectivity index (χ1) is 14.9. The molecule has 1 fully saturated rings. The van der Waals surface area contributed by atoms with E-state index in [1.54, 1.807) is 16.2 Å². The molecule has 0 aliphatic carbocycles. The van der Waals surface area contributed by atoms with Crippen molar-refractivity contribution in [3.8, 4) is 0 Å². The number of benzene rings is 2. The highest BCUT2D eigenvalue weighted by atomic mass is 32.2. The van der Waals surface area contributed by atoms with Crippen molar-refractivity contribution in [3.05, 3.63) is 59.1 Å². The third kappa shape index (κ3) is 4.60. The second kappa shape index (κ2) is 8.97. The van der Waals surface area contributed by atoms with Gasteiger partial charge in [0, 0.05) is 32.6 Å². The van der Waals surface area contributed by atoms with Crippen molar-refractivity contribution in [2.75, 3.05) is 26.2 Å². The van der Waals surface area contributed by atoms with Gasteiger partial charge in [-0.3, -0.25) is 4.79 Å². The molecule has 2 heterocycles. The lowest BCUT2D eigenvalue weighted by Gasteiger charge is -2.34. The third-order valence-electron chi connectivity index (χ3n) is 5.23. The lowest BCUT2D eigenvalue weighted by atomic mass is 10.2. The highest BCUT2D eigenvalue weighted by Crippen LogP contribution is 2.25. The number of aromatic nitrogens is 1. The van der Waals surface area contributed by atoms with Crippen LogP contribution in [0.25, 0.3) is 10.2 Å². The number of amides is 1. The molecular formula is C21H21F2N3O3S2. The van der Waals surface area contributed by atoms with E-state index < -0.39 is 26.6 Å². The van der Waals surface area contributed by atoms with E-state index in [0.29, 0.717) is 19.3 Å². The number of sulfonamides is 1. The number of carbonyl (C=O) groups is 1. The van der Waals surface area contributed by atoms with Gasteiger partial charge in [-0.05, 0) is 37.1 Å². The van der Waals surface area contributed by atoms with Gasteiger partial charge in [0.1, 0.15) is 11.6 Å². The van der Waals surface area contributed by atoms with Crippen molar-refractivity contribution < 1.29 is 22.0 Å². The molecule has 0 N–H and O–H groups in total. The summed E-state index contributed by atoms with van der Waals surface area (Å²) in [5.74, 6) is -2.29. The molecule has 0 saturated carbocycles. The number of fused-ring (bicyclic) bond motifs is 1. The Kier molecular flexibility index (Phi) is 6.31. The van der Waals surface area contributed by atoms with Crippen molar-refractivity contribution in [2.45, 2.75) is 24.2 Å². The number of hydrogen-bond acceptors (Lipinski definition) is 5. The van der Waals surface area contributed by atoms with E-state index in [1.165, 1.54) is 0 Å². The molecule has 31 heavy (non-hydrogen) atoms. The number of aryl methyl sites for hydroxylation is 1. The molecule has 10 heteroatoms. The highest BCUT2D eigenvalue weighted by molar-refractivity contribution is 7.89. The van der Waals surface area contributed by atoms with Gasteiger partial charge in [0.15, 0.2) is 4.90 Å². The van der Waals surface area contributed by atoms with Gasteiger partial charge < -0.3 is 4.90 Å². The zero-order valence-corrected chi connectivity index (χ0v) is 18.3. The van der Waals surface area contributed by atoms with Crippen molar-refractivity contribution >= 4 is 37.5 Å². The van der Waals surface area contributed by atoms with Gasteiger partial charge in [-0.2, -0.15) is 4.31 Å². The first-order valence-corrected chi connectivity index (χ1v) is 12.2. The summed E-state index contributed by atoms with van der Waals surface area (Å²) in [7, 11) is -4.30. The summed E-state index contributed by atoms with van der Waals surface area (Å²) in [6, 6.07) is 10.8. The Bertz CT molecular complexity index is 1150. The van der Waals surface area contributed by atoms with Crippen LogP contribution in [0.5, 0.6) is 0 Å². The van der Waals surface area contributed by atoms with Crippen LogP contribution in [0.2, 0.25) is 0 Å². The molecule has 0 spiro atoms. The van der Waals surface area contributed by atoms with Crippen LogP contribution in [-0.2, 0) is 21.2 Å². The number of halogens is 2. The van der Waals surface area contributed by atoms with Crippen LogP contribution in [0.15, 0.2) is 47.4 Å². The van der Waals surface area contributed by atoms with Gasteiger partial charge >= 0.3 is 0 Å². The fourth-order valence-electron chi connectivity index (χ4n) is 3.61. The Morgan fingerprint density at radius 3 is 2.35 bits per heavy atom. The zero-order chi connectivity index (χ0) is 22.0. The number of rotatable bonds is 6. The summed E-state index contributed by atoms with van der Waals surface area (Å²) < 4.78 is 55.3. The molecule has 0 bridgehead atoms. The number of para-hydroxylation sites is 1. The summed E-state index contributed by atoms with van der Waals surface area (Å²) in [6.07, 6.45) is 1.69. The molecule has 4 rings (SSSR count). The van der Waals surface area contributed by atoms with Gasteiger partial charge in [0.2, 0.25) is 15.9 Å². The lowest BCUT2D eigenvalue weighted by molar-refractivity contribution is -0.132. The SMILES string of the molecule is O=C(CCCc1nc2ccccc2s1)N1CCN(S(=O)(=O)c2c(F)cccc2F)CC1. The predicted octanol–water partition coefficient (Wildman–Crippen LogP) is 3.43. The third-order valence-corrected chi connectivity index (χ3v) is 8.27. The zero-order valence-electron chi connectivity index (χ0n) is 16.6. The molecule has 0 radical (unpaired) electrons. The van der Waals surface area contributed by atoms with Gasteiger partial charge in [-0.15, -0.1) is 11.3 Å². The average molecular weight is 466 g/mol. The molecule has 6 nitrogen and oxygen atoms in total. The van der Waals surface area contributed by atoms with E-state index in [9.17, 15) is 22.0 Å². The van der Waals surface area contributed by atoms with Crippen molar-refractivity contribution in [2.24, 2.45) is 0 Å². The summed E-state index contributed by atoms with van der Waals surface area (Å²) in [6.45, 7) is 0.379. The first-order valence-electron chi connectivity index (χ1n) is 9.92. The van der Waals surface area contributed by atoms with Crippen LogP contribution in [0.1, 0.15) is 17.8 Å². The van der Waals surface area contributed by atoms with Crippen molar-refractivity contribution in [1.29, 1.82) is 0 Å². The maximum Gasteiger partial charge on any atom is 0.249 e. The quantitative estimate of drug-likeness (QED) is 0.559. The number of nitrogens with zero attached hydrogens (tertiary/aromatic N) is 3. The van der Waals surface area contributed by atoms with Gasteiger partial charge in [0.05, 0.1) is 15.2 Å². The molecule has 1 saturated heterocycles. The van der Waals surface area contributed by atoms with Gasteiger partial charge in [-0.25, -0.2) is 22.2 Å². The Labute approximate surface area is 183 Å². The highest BCUT2D eigenvalue weighted by Gasteiger charge is 2.33. The minimum Gasteiger partial charge on any atom is -0.340 e. The fourth-order valence-corrected chi connectivity index (χ4v) is 6.15. The van der Waals surface area contributed by atoms with Crippen LogP contribution in [-0.4, -0.2) is 54.7 Å². The van der Waals surface area contributed by atoms with Gasteiger partial charge in [-0.1, -0.05) is 18.2 Å². The maximum absolute atomic E-state index is 13.9. The average Bonchev–Trinajstić information content (AvgIpc) is 3.16. The van der Waals surface area contributed by atoms with Gasteiger partial charge in [0.25, 0.3) is 0 Å². The van der Waals surface area contributed by atoms with E-state index in [1.807, 2.05) is 24.3 Å². The minimum absolute atomic E-state index is 0.000281. The molecular weight excluding hydrogens is 444 g/mol. The molecule has 1 aliphatic heterocycles. The van der Waals surface area contributed by atoms with Crippen LogP contribution in [0.3, 0.4) is 0 Å². The second-order valence-electron chi connectivity index (χ2n) is 7.26. The molecule has 2 aromatic carbocycles. The Morgan fingerprint density at radius 2 is 1.68 bits per heavy atom. The maximum atomic E-state index is 13.9. The van der Waals surface area contributed by atoms with Crippen LogP contribution < -0.4 is 0 Å². The normalized spacial score (nSPS) is 15.5. The summed E-state index contributed by atoms with van der Waals surface area (Å²) >= 11 is 1.62. The van der Waals surface area contributed by atoms with E-state index >= 15 is 0 Å². The Balaban J connectivity index is 1.30. The summed E-state index contributed by atoms with van der Waals surface area (Å²) in [4.78, 5) is 17.7. The second-order valence-corrected chi connectivity index (χ2v) is 10.3. The predicted molar refractivity (Wildman–Crippen MR) is 114 cm³/mol. The Hall–Kier alpha value is -2.43. The smallest absolute Gasteiger partial charge is 0.249 e. The number of piperazine rings is 1.